The Bertz CT molecular complexity index is 657. The predicted molar refractivity (Wildman–Crippen MR) is 69.8 cm³/mol. The van der Waals surface area contributed by atoms with Gasteiger partial charge < -0.3 is 19.4 Å². The quantitative estimate of drug-likeness (QED) is 0.472. The summed E-state index contributed by atoms with van der Waals surface area (Å²) in [5.41, 5.74) is 0.0828. The first-order valence-electron chi connectivity index (χ1n) is 5.95. The molecule has 0 bridgehead atoms. The zero-order valence-electron chi connectivity index (χ0n) is 11.4. The highest BCUT2D eigenvalue weighted by molar-refractivity contribution is 5.98. The molecule has 0 saturated heterocycles. The lowest BCUT2D eigenvalue weighted by Crippen LogP contribution is -2.27. The zero-order valence-corrected chi connectivity index (χ0v) is 11.4. The van der Waals surface area contributed by atoms with Gasteiger partial charge in [0.05, 0.1) is 20.8 Å². The van der Waals surface area contributed by atoms with Gasteiger partial charge in [-0.25, -0.2) is 9.78 Å². The third kappa shape index (κ3) is 2.18. The standard InChI is InChI=1S/C13H14N2O5/c1-4-20-13(16)9-11(18-2)10-8(12(14-9)19-3)6-5-7-15(10)17/h5-7H,4H2,1-3H3. The van der Waals surface area contributed by atoms with Gasteiger partial charge in [-0.2, -0.15) is 4.73 Å². The first-order valence-corrected chi connectivity index (χ1v) is 5.95. The monoisotopic (exact) mass is 278 g/mol. The largest absolute Gasteiger partial charge is 0.618 e. The summed E-state index contributed by atoms with van der Waals surface area (Å²) in [5.74, 6) is -0.447. The summed E-state index contributed by atoms with van der Waals surface area (Å²) in [5, 5.41) is 12.4. The van der Waals surface area contributed by atoms with Gasteiger partial charge in [0.15, 0.2) is 6.20 Å². The molecule has 0 aliphatic carbocycles. The summed E-state index contributed by atoms with van der Waals surface area (Å²) in [6.45, 7) is 1.87. The summed E-state index contributed by atoms with van der Waals surface area (Å²) < 4.78 is 15.8. The van der Waals surface area contributed by atoms with Crippen molar-refractivity contribution in [3.05, 3.63) is 29.2 Å². The number of pyridine rings is 2. The van der Waals surface area contributed by atoms with Crippen molar-refractivity contribution < 1.29 is 23.7 Å². The molecule has 0 unspecified atom stereocenters. The Labute approximate surface area is 115 Å². The number of carbonyl (C=O) groups is 1. The van der Waals surface area contributed by atoms with Gasteiger partial charge >= 0.3 is 5.97 Å². The lowest BCUT2D eigenvalue weighted by molar-refractivity contribution is -0.577. The van der Waals surface area contributed by atoms with Gasteiger partial charge in [0, 0.05) is 6.07 Å². The van der Waals surface area contributed by atoms with E-state index >= 15 is 0 Å². The number of nitrogens with zero attached hydrogens (tertiary/aromatic N) is 2. The van der Waals surface area contributed by atoms with Gasteiger partial charge in [0.25, 0.3) is 5.52 Å². The van der Waals surface area contributed by atoms with E-state index in [1.165, 1.54) is 20.4 Å². The van der Waals surface area contributed by atoms with E-state index in [0.717, 1.165) is 0 Å². The van der Waals surface area contributed by atoms with E-state index in [1.807, 2.05) is 0 Å². The first kappa shape index (κ1) is 13.9. The van der Waals surface area contributed by atoms with E-state index in [9.17, 15) is 10.0 Å². The molecular weight excluding hydrogens is 264 g/mol. The maximum atomic E-state index is 12.0. The molecule has 0 atom stereocenters. The molecule has 2 rings (SSSR count). The number of carbonyl (C=O) groups excluding carboxylic acids is 1. The number of aromatic nitrogens is 2. The summed E-state index contributed by atoms with van der Waals surface area (Å²) in [7, 11) is 2.77. The second kappa shape index (κ2) is 5.60. The smallest absolute Gasteiger partial charge is 0.361 e. The minimum absolute atomic E-state index is 0.0647. The van der Waals surface area contributed by atoms with Gasteiger partial charge in [-0.05, 0) is 13.0 Å². The fourth-order valence-electron chi connectivity index (χ4n) is 1.90. The van der Waals surface area contributed by atoms with Crippen LogP contribution in [0.3, 0.4) is 0 Å². The molecule has 0 aromatic carbocycles. The van der Waals surface area contributed by atoms with Crippen molar-refractivity contribution in [3.8, 4) is 11.6 Å². The normalized spacial score (nSPS) is 10.3. The average molecular weight is 278 g/mol. The highest BCUT2D eigenvalue weighted by Crippen LogP contribution is 2.31. The maximum Gasteiger partial charge on any atom is 0.361 e. The zero-order chi connectivity index (χ0) is 14.7. The van der Waals surface area contributed by atoms with E-state index in [2.05, 4.69) is 4.98 Å². The summed E-state index contributed by atoms with van der Waals surface area (Å²) in [4.78, 5) is 16.0. The summed E-state index contributed by atoms with van der Waals surface area (Å²) in [6, 6.07) is 3.22. The Hall–Kier alpha value is -2.57. The predicted octanol–water partition coefficient (Wildman–Crippen LogP) is 1.06. The van der Waals surface area contributed by atoms with Crippen LogP contribution in [0.15, 0.2) is 18.3 Å². The lowest BCUT2D eigenvalue weighted by atomic mass is 10.2. The third-order valence-electron chi connectivity index (χ3n) is 2.70. The molecule has 7 nitrogen and oxygen atoms in total. The topological polar surface area (TPSA) is 84.6 Å². The molecule has 7 heteroatoms. The number of hydrogen-bond donors (Lipinski definition) is 0. The van der Waals surface area contributed by atoms with E-state index in [1.54, 1.807) is 19.1 Å². The maximum absolute atomic E-state index is 12.0. The fraction of sp³-hybridized carbons (Fsp3) is 0.308. The molecule has 0 amide bonds. The molecule has 106 valence electrons. The average Bonchev–Trinajstić information content (AvgIpc) is 2.46. The Kier molecular flexibility index (Phi) is 3.88. The Morgan fingerprint density at radius 1 is 1.40 bits per heavy atom. The minimum Gasteiger partial charge on any atom is -0.618 e. The Morgan fingerprint density at radius 2 is 2.15 bits per heavy atom. The third-order valence-corrected chi connectivity index (χ3v) is 2.70. The molecule has 0 aliphatic heterocycles. The van der Waals surface area contributed by atoms with Gasteiger partial charge in [-0.3, -0.25) is 0 Å². The number of methoxy groups -OCH3 is 2. The highest BCUT2D eigenvalue weighted by atomic mass is 16.5. The van der Waals surface area contributed by atoms with Crippen LogP contribution in [0, 0.1) is 5.21 Å². The fourth-order valence-corrected chi connectivity index (χ4v) is 1.90. The van der Waals surface area contributed by atoms with Crippen LogP contribution in [0.5, 0.6) is 11.6 Å². The van der Waals surface area contributed by atoms with Crippen molar-refractivity contribution in [2.24, 2.45) is 0 Å². The SMILES string of the molecule is CCOC(=O)c1nc(OC)c2ccc[n+]([O-])c2c1OC. The second-order valence-electron chi connectivity index (χ2n) is 3.82. The number of esters is 1. The van der Waals surface area contributed by atoms with Gasteiger partial charge in [-0.15, -0.1) is 0 Å². The van der Waals surface area contributed by atoms with Gasteiger partial charge in [0.1, 0.15) is 5.39 Å². The Morgan fingerprint density at radius 3 is 2.75 bits per heavy atom. The molecule has 0 fully saturated rings. The lowest BCUT2D eigenvalue weighted by Gasteiger charge is -2.12. The van der Waals surface area contributed by atoms with Crippen LogP contribution >= 0.6 is 0 Å². The van der Waals surface area contributed by atoms with Crippen molar-refractivity contribution in [2.45, 2.75) is 6.92 Å². The van der Waals surface area contributed by atoms with E-state index < -0.39 is 5.97 Å². The van der Waals surface area contributed by atoms with Crippen LogP contribution in [0.25, 0.3) is 10.9 Å². The molecule has 0 N–H and O–H groups in total. The van der Waals surface area contributed by atoms with Crippen LogP contribution in [0.2, 0.25) is 0 Å². The van der Waals surface area contributed by atoms with Crippen LogP contribution < -0.4 is 14.2 Å². The molecule has 20 heavy (non-hydrogen) atoms. The minimum atomic E-state index is -0.673. The number of hydrogen-bond acceptors (Lipinski definition) is 6. The molecular formula is C13H14N2O5. The van der Waals surface area contributed by atoms with Gasteiger partial charge in [0.2, 0.25) is 17.3 Å². The summed E-state index contributed by atoms with van der Waals surface area (Å²) in [6.07, 6.45) is 1.30. The highest BCUT2D eigenvalue weighted by Gasteiger charge is 2.26. The number of ether oxygens (including phenoxy) is 3. The molecule has 0 spiro atoms. The molecule has 0 saturated carbocycles. The van der Waals surface area contributed by atoms with Crippen molar-refractivity contribution in [1.82, 2.24) is 4.98 Å². The van der Waals surface area contributed by atoms with E-state index in [-0.39, 0.29) is 29.4 Å². The summed E-state index contributed by atoms with van der Waals surface area (Å²) >= 11 is 0. The van der Waals surface area contributed by atoms with E-state index in [4.69, 9.17) is 14.2 Å². The molecule has 2 heterocycles. The molecule has 0 radical (unpaired) electrons. The van der Waals surface area contributed by atoms with Gasteiger partial charge in [-0.1, -0.05) is 0 Å². The number of fused-ring (bicyclic) bond motifs is 1. The van der Waals surface area contributed by atoms with Crippen LogP contribution in [0.4, 0.5) is 0 Å². The van der Waals surface area contributed by atoms with Crippen LogP contribution in [0.1, 0.15) is 17.4 Å². The van der Waals surface area contributed by atoms with Crippen molar-refractivity contribution >= 4 is 16.9 Å². The van der Waals surface area contributed by atoms with Crippen LogP contribution in [-0.4, -0.2) is 31.8 Å². The van der Waals surface area contributed by atoms with Crippen molar-refractivity contribution in [3.63, 3.8) is 0 Å². The van der Waals surface area contributed by atoms with Crippen molar-refractivity contribution in [2.75, 3.05) is 20.8 Å². The molecule has 2 aromatic rings. The van der Waals surface area contributed by atoms with Crippen molar-refractivity contribution in [1.29, 1.82) is 0 Å². The van der Waals surface area contributed by atoms with E-state index in [0.29, 0.717) is 10.1 Å². The second-order valence-corrected chi connectivity index (χ2v) is 3.82. The van der Waals surface area contributed by atoms with Crippen LogP contribution in [-0.2, 0) is 4.74 Å². The first-order chi connectivity index (χ1) is 9.63. The molecule has 2 aromatic heterocycles. The molecule has 0 aliphatic rings. The number of rotatable bonds is 4. The Balaban J connectivity index is 2.82.